The molecule has 3 heterocycles. The van der Waals surface area contributed by atoms with Gasteiger partial charge in [0.05, 0.1) is 25.1 Å². The summed E-state index contributed by atoms with van der Waals surface area (Å²) in [6.45, 7) is -0.00362. The van der Waals surface area contributed by atoms with Crippen LogP contribution in [0.2, 0.25) is 0 Å². The molecule has 2 aromatic rings. The van der Waals surface area contributed by atoms with Crippen LogP contribution in [0.25, 0.3) is 11.2 Å². The van der Waals surface area contributed by atoms with E-state index in [1.165, 1.54) is 17.2 Å². The van der Waals surface area contributed by atoms with Crippen LogP contribution in [0.3, 0.4) is 0 Å². The SMILES string of the molecule is N=c1c2[nH]cnc2ncn1[C@@H]1OC[C@@H](O)[C@H](N)[C@H]1O. The highest BCUT2D eigenvalue weighted by Gasteiger charge is 2.37. The lowest BCUT2D eigenvalue weighted by molar-refractivity contribution is -0.167. The molecule has 1 saturated heterocycles. The van der Waals surface area contributed by atoms with E-state index in [-0.39, 0.29) is 12.1 Å². The minimum absolute atomic E-state index is 0.00362. The Morgan fingerprint density at radius 3 is 3.05 bits per heavy atom. The lowest BCUT2D eigenvalue weighted by Crippen LogP contribution is -2.56. The number of nitrogens with one attached hydrogen (secondary N) is 2. The number of imidazole rings is 1. The second-order valence-electron chi connectivity index (χ2n) is 4.46. The Morgan fingerprint density at radius 1 is 1.47 bits per heavy atom. The maximum Gasteiger partial charge on any atom is 0.182 e. The number of aliphatic hydroxyl groups is 2. The third-order valence-electron chi connectivity index (χ3n) is 3.26. The largest absolute Gasteiger partial charge is 0.389 e. The molecular formula is C10H14N6O3. The molecule has 9 heteroatoms. The van der Waals surface area contributed by atoms with Gasteiger partial charge in [-0.1, -0.05) is 0 Å². The molecule has 0 saturated carbocycles. The first-order chi connectivity index (χ1) is 9.09. The van der Waals surface area contributed by atoms with Crippen molar-refractivity contribution in [2.45, 2.75) is 24.5 Å². The molecule has 2 aromatic heterocycles. The van der Waals surface area contributed by atoms with E-state index in [1.54, 1.807) is 0 Å². The van der Waals surface area contributed by atoms with Crippen molar-refractivity contribution < 1.29 is 14.9 Å². The Labute approximate surface area is 107 Å². The summed E-state index contributed by atoms with van der Waals surface area (Å²) >= 11 is 0. The number of hydrogen-bond donors (Lipinski definition) is 5. The predicted molar refractivity (Wildman–Crippen MR) is 62.7 cm³/mol. The molecule has 0 aromatic carbocycles. The predicted octanol–water partition coefficient (Wildman–Crippen LogP) is -2.18. The smallest absolute Gasteiger partial charge is 0.182 e. The van der Waals surface area contributed by atoms with Crippen LogP contribution in [0.1, 0.15) is 6.23 Å². The van der Waals surface area contributed by atoms with Crippen LogP contribution in [0, 0.1) is 5.41 Å². The Hall–Kier alpha value is -1.81. The molecule has 0 amide bonds. The van der Waals surface area contributed by atoms with E-state index in [4.69, 9.17) is 15.9 Å². The lowest BCUT2D eigenvalue weighted by atomic mass is 10.0. The van der Waals surface area contributed by atoms with Crippen molar-refractivity contribution in [3.63, 3.8) is 0 Å². The van der Waals surface area contributed by atoms with Gasteiger partial charge in [-0.25, -0.2) is 9.97 Å². The Morgan fingerprint density at radius 2 is 2.26 bits per heavy atom. The zero-order valence-corrected chi connectivity index (χ0v) is 9.89. The number of aromatic amines is 1. The lowest BCUT2D eigenvalue weighted by Gasteiger charge is -2.36. The standard InChI is InChI=1S/C10H14N6O3/c11-5-4(17)1-19-10(7(5)18)16-3-15-9-6(8(16)12)13-2-14-9/h2-5,7,10,12,17-18H,1,11H2,(H,13,14)/t4-,5+,7-,10-/m1/s1. The zero-order chi connectivity index (χ0) is 13.6. The van der Waals surface area contributed by atoms with E-state index in [0.29, 0.717) is 11.2 Å². The molecule has 102 valence electrons. The van der Waals surface area contributed by atoms with Gasteiger partial charge in [0.1, 0.15) is 17.9 Å². The summed E-state index contributed by atoms with van der Waals surface area (Å²) in [5.74, 6) is 0. The maximum atomic E-state index is 10.0. The number of fused-ring (bicyclic) bond motifs is 1. The molecule has 0 unspecified atom stereocenters. The van der Waals surface area contributed by atoms with Gasteiger partial charge < -0.3 is 25.7 Å². The van der Waals surface area contributed by atoms with E-state index in [9.17, 15) is 10.2 Å². The van der Waals surface area contributed by atoms with Crippen LogP contribution in [-0.4, -0.2) is 54.6 Å². The molecule has 1 aliphatic rings. The molecule has 0 aliphatic carbocycles. The molecule has 9 nitrogen and oxygen atoms in total. The minimum atomic E-state index is -1.12. The highest BCUT2D eigenvalue weighted by atomic mass is 16.5. The molecule has 4 atom stereocenters. The number of hydrogen-bond acceptors (Lipinski definition) is 7. The van der Waals surface area contributed by atoms with Gasteiger partial charge in [0.2, 0.25) is 0 Å². The molecule has 1 aliphatic heterocycles. The Balaban J connectivity index is 2.04. The number of nitrogens with zero attached hydrogens (tertiary/aromatic N) is 3. The highest BCUT2D eigenvalue weighted by molar-refractivity contribution is 5.67. The summed E-state index contributed by atoms with van der Waals surface area (Å²) in [5.41, 5.74) is 6.63. The van der Waals surface area contributed by atoms with E-state index in [1.807, 2.05) is 0 Å². The topological polar surface area (TPSA) is 146 Å². The maximum absolute atomic E-state index is 10.0. The number of nitrogens with two attached hydrogens (primary N) is 1. The number of ether oxygens (including phenoxy) is 1. The van der Waals surface area contributed by atoms with Crippen molar-refractivity contribution in [3.8, 4) is 0 Å². The van der Waals surface area contributed by atoms with Gasteiger partial charge in [0, 0.05) is 0 Å². The third-order valence-corrected chi connectivity index (χ3v) is 3.26. The first-order valence-corrected chi connectivity index (χ1v) is 5.77. The van der Waals surface area contributed by atoms with Crippen molar-refractivity contribution >= 4 is 11.2 Å². The fourth-order valence-electron chi connectivity index (χ4n) is 2.13. The first kappa shape index (κ1) is 12.2. The van der Waals surface area contributed by atoms with Gasteiger partial charge in [0.25, 0.3) is 0 Å². The Bertz CT molecular complexity index is 652. The average Bonchev–Trinajstić information content (AvgIpc) is 2.87. The van der Waals surface area contributed by atoms with Crippen molar-refractivity contribution in [2.75, 3.05) is 6.61 Å². The second kappa shape index (κ2) is 4.38. The number of aliphatic hydroxyl groups excluding tert-OH is 2. The summed E-state index contributed by atoms with van der Waals surface area (Å²) in [7, 11) is 0. The van der Waals surface area contributed by atoms with Crippen molar-refractivity contribution in [2.24, 2.45) is 5.73 Å². The highest BCUT2D eigenvalue weighted by Crippen LogP contribution is 2.21. The van der Waals surface area contributed by atoms with Gasteiger partial charge in [0.15, 0.2) is 17.4 Å². The minimum Gasteiger partial charge on any atom is -0.389 e. The molecule has 1 fully saturated rings. The summed E-state index contributed by atoms with van der Waals surface area (Å²) in [5, 5.41) is 27.6. The molecule has 0 radical (unpaired) electrons. The van der Waals surface area contributed by atoms with Crippen LogP contribution in [0.4, 0.5) is 0 Å². The average molecular weight is 266 g/mol. The van der Waals surface area contributed by atoms with Gasteiger partial charge in [-0.2, -0.15) is 0 Å². The number of H-pyrrole nitrogens is 1. The van der Waals surface area contributed by atoms with Crippen LogP contribution in [0.5, 0.6) is 0 Å². The van der Waals surface area contributed by atoms with Gasteiger partial charge in [-0.05, 0) is 0 Å². The molecule has 0 spiro atoms. The fraction of sp³-hybridized carbons (Fsp3) is 0.500. The zero-order valence-electron chi connectivity index (χ0n) is 9.89. The van der Waals surface area contributed by atoms with Crippen molar-refractivity contribution in [1.29, 1.82) is 5.41 Å². The van der Waals surface area contributed by atoms with Crippen LogP contribution in [-0.2, 0) is 4.74 Å². The molecule has 0 bridgehead atoms. The summed E-state index contributed by atoms with van der Waals surface area (Å²) in [6.07, 6.45) is -0.103. The van der Waals surface area contributed by atoms with Crippen LogP contribution < -0.4 is 11.2 Å². The molecular weight excluding hydrogens is 252 g/mol. The summed E-state index contributed by atoms with van der Waals surface area (Å²) < 4.78 is 6.71. The number of aromatic nitrogens is 4. The third kappa shape index (κ3) is 1.83. The monoisotopic (exact) mass is 266 g/mol. The van der Waals surface area contributed by atoms with E-state index < -0.39 is 24.5 Å². The van der Waals surface area contributed by atoms with Crippen molar-refractivity contribution in [1.82, 2.24) is 19.5 Å². The second-order valence-corrected chi connectivity index (χ2v) is 4.46. The van der Waals surface area contributed by atoms with Crippen LogP contribution in [0.15, 0.2) is 12.7 Å². The van der Waals surface area contributed by atoms with Gasteiger partial charge >= 0.3 is 0 Å². The van der Waals surface area contributed by atoms with Gasteiger partial charge in [-0.3, -0.25) is 9.98 Å². The summed E-state index contributed by atoms with van der Waals surface area (Å²) in [6, 6.07) is -0.830. The molecule has 3 rings (SSSR count). The summed E-state index contributed by atoms with van der Waals surface area (Å²) in [4.78, 5) is 10.8. The number of rotatable bonds is 1. The fourth-order valence-corrected chi connectivity index (χ4v) is 2.13. The quantitative estimate of drug-likeness (QED) is 0.396. The van der Waals surface area contributed by atoms with Gasteiger partial charge in [-0.15, -0.1) is 0 Å². The van der Waals surface area contributed by atoms with Crippen LogP contribution >= 0.6 is 0 Å². The van der Waals surface area contributed by atoms with Crippen molar-refractivity contribution in [3.05, 3.63) is 18.1 Å². The van der Waals surface area contributed by atoms with E-state index in [2.05, 4.69) is 15.0 Å². The normalized spacial score (nSPS) is 31.7. The first-order valence-electron chi connectivity index (χ1n) is 5.77. The van der Waals surface area contributed by atoms with E-state index in [0.717, 1.165) is 0 Å². The molecule has 6 N–H and O–H groups in total. The Kier molecular flexibility index (Phi) is 2.82. The molecule has 19 heavy (non-hydrogen) atoms. The van der Waals surface area contributed by atoms with E-state index >= 15 is 0 Å².